The van der Waals surface area contributed by atoms with E-state index in [0.29, 0.717) is 0 Å². The highest BCUT2D eigenvalue weighted by Gasteiger charge is 2.33. The SMILES string of the molecule is CC(NC1CC(c2ccc(Br)cc2)C1)C1CCC1. The Kier molecular flexibility index (Phi) is 3.76. The zero-order chi connectivity index (χ0) is 12.5. The van der Waals surface area contributed by atoms with E-state index in [4.69, 9.17) is 0 Å². The normalized spacial score (nSPS) is 29.4. The number of benzene rings is 1. The quantitative estimate of drug-likeness (QED) is 0.865. The van der Waals surface area contributed by atoms with E-state index in [9.17, 15) is 0 Å². The van der Waals surface area contributed by atoms with Crippen molar-refractivity contribution in [3.05, 3.63) is 34.3 Å². The Hall–Kier alpha value is -0.340. The second-order valence-corrected chi connectivity index (χ2v) is 6.98. The van der Waals surface area contributed by atoms with Crippen molar-refractivity contribution in [2.45, 2.75) is 57.0 Å². The third-order valence-electron chi connectivity index (χ3n) is 4.84. The van der Waals surface area contributed by atoms with Gasteiger partial charge in [-0.1, -0.05) is 34.5 Å². The molecule has 0 radical (unpaired) electrons. The summed E-state index contributed by atoms with van der Waals surface area (Å²) < 4.78 is 1.18. The number of hydrogen-bond acceptors (Lipinski definition) is 1. The van der Waals surface area contributed by atoms with Crippen LogP contribution in [0.3, 0.4) is 0 Å². The number of halogens is 1. The van der Waals surface area contributed by atoms with Crippen LogP contribution in [0.5, 0.6) is 0 Å². The van der Waals surface area contributed by atoms with Crippen molar-refractivity contribution in [3.8, 4) is 0 Å². The fraction of sp³-hybridized carbons (Fsp3) is 0.625. The lowest BCUT2D eigenvalue weighted by Gasteiger charge is -2.41. The third-order valence-corrected chi connectivity index (χ3v) is 5.36. The van der Waals surface area contributed by atoms with Crippen LogP contribution in [-0.4, -0.2) is 12.1 Å². The summed E-state index contributed by atoms with van der Waals surface area (Å²) in [6, 6.07) is 10.3. The lowest BCUT2D eigenvalue weighted by Crippen LogP contribution is -2.48. The van der Waals surface area contributed by atoms with Gasteiger partial charge < -0.3 is 5.32 Å². The standard InChI is InChI=1S/C16H22BrN/c1-11(12-3-2-4-12)18-16-9-14(10-16)13-5-7-15(17)8-6-13/h5-8,11-12,14,16,18H,2-4,9-10H2,1H3. The molecule has 1 aromatic carbocycles. The smallest absolute Gasteiger partial charge is 0.0175 e. The van der Waals surface area contributed by atoms with Crippen molar-refractivity contribution < 1.29 is 0 Å². The van der Waals surface area contributed by atoms with Crippen LogP contribution in [0.2, 0.25) is 0 Å². The number of rotatable bonds is 4. The molecule has 0 saturated heterocycles. The molecule has 0 amide bonds. The fourth-order valence-electron chi connectivity index (χ4n) is 3.21. The van der Waals surface area contributed by atoms with E-state index in [2.05, 4.69) is 52.4 Å². The first-order valence-corrected chi connectivity index (χ1v) is 8.03. The van der Waals surface area contributed by atoms with Gasteiger partial charge in [-0.25, -0.2) is 0 Å². The molecule has 0 aliphatic heterocycles. The summed E-state index contributed by atoms with van der Waals surface area (Å²) in [5, 5.41) is 3.82. The molecular formula is C16H22BrN. The van der Waals surface area contributed by atoms with Gasteiger partial charge in [0.2, 0.25) is 0 Å². The van der Waals surface area contributed by atoms with Crippen molar-refractivity contribution in [1.82, 2.24) is 5.32 Å². The molecule has 1 N–H and O–H groups in total. The van der Waals surface area contributed by atoms with Crippen LogP contribution in [0, 0.1) is 5.92 Å². The van der Waals surface area contributed by atoms with E-state index in [-0.39, 0.29) is 0 Å². The summed E-state index contributed by atoms with van der Waals surface area (Å²) in [5.41, 5.74) is 1.51. The van der Waals surface area contributed by atoms with E-state index < -0.39 is 0 Å². The highest BCUT2D eigenvalue weighted by Crippen LogP contribution is 2.38. The number of hydrogen-bond donors (Lipinski definition) is 1. The summed E-state index contributed by atoms with van der Waals surface area (Å²) in [6.07, 6.45) is 6.97. The van der Waals surface area contributed by atoms with E-state index in [1.807, 2.05) is 0 Å². The molecule has 2 aliphatic carbocycles. The van der Waals surface area contributed by atoms with Crippen molar-refractivity contribution in [2.75, 3.05) is 0 Å². The topological polar surface area (TPSA) is 12.0 Å². The Morgan fingerprint density at radius 2 is 1.83 bits per heavy atom. The van der Waals surface area contributed by atoms with E-state index >= 15 is 0 Å². The van der Waals surface area contributed by atoms with Gasteiger partial charge in [-0.3, -0.25) is 0 Å². The fourth-order valence-corrected chi connectivity index (χ4v) is 3.47. The van der Waals surface area contributed by atoms with Gasteiger partial charge in [0.15, 0.2) is 0 Å². The Labute approximate surface area is 118 Å². The van der Waals surface area contributed by atoms with Crippen molar-refractivity contribution in [1.29, 1.82) is 0 Å². The van der Waals surface area contributed by atoms with Gasteiger partial charge in [0.1, 0.15) is 0 Å². The monoisotopic (exact) mass is 307 g/mol. The van der Waals surface area contributed by atoms with Crippen LogP contribution >= 0.6 is 15.9 Å². The molecule has 1 nitrogen and oxygen atoms in total. The first-order valence-electron chi connectivity index (χ1n) is 7.24. The van der Waals surface area contributed by atoms with E-state index in [1.54, 1.807) is 0 Å². The third kappa shape index (κ3) is 2.65. The summed E-state index contributed by atoms with van der Waals surface area (Å²) in [4.78, 5) is 0. The summed E-state index contributed by atoms with van der Waals surface area (Å²) in [5.74, 6) is 1.74. The summed E-state index contributed by atoms with van der Waals surface area (Å²) >= 11 is 3.50. The minimum atomic E-state index is 0.731. The van der Waals surface area contributed by atoms with Crippen molar-refractivity contribution >= 4 is 15.9 Å². The predicted molar refractivity (Wildman–Crippen MR) is 79.8 cm³/mol. The molecule has 0 spiro atoms. The highest BCUT2D eigenvalue weighted by molar-refractivity contribution is 9.10. The van der Waals surface area contributed by atoms with Crippen molar-refractivity contribution in [3.63, 3.8) is 0 Å². The molecule has 3 rings (SSSR count). The Morgan fingerprint density at radius 1 is 1.17 bits per heavy atom. The molecule has 1 aromatic rings. The van der Waals surface area contributed by atoms with Gasteiger partial charge in [-0.15, -0.1) is 0 Å². The minimum absolute atomic E-state index is 0.731. The Bertz CT molecular complexity index is 390. The van der Waals surface area contributed by atoms with Crippen molar-refractivity contribution in [2.24, 2.45) is 5.92 Å². The van der Waals surface area contributed by atoms with Crippen LogP contribution in [-0.2, 0) is 0 Å². The van der Waals surface area contributed by atoms with Gasteiger partial charge in [0, 0.05) is 16.6 Å². The van der Waals surface area contributed by atoms with Crippen LogP contribution in [0.25, 0.3) is 0 Å². The molecule has 0 aromatic heterocycles. The zero-order valence-corrected chi connectivity index (χ0v) is 12.6. The lowest BCUT2D eigenvalue weighted by atomic mass is 9.74. The second-order valence-electron chi connectivity index (χ2n) is 6.06. The molecule has 98 valence electrons. The molecule has 0 heterocycles. The molecule has 2 aliphatic rings. The second kappa shape index (κ2) is 5.34. The lowest BCUT2D eigenvalue weighted by molar-refractivity contribution is 0.188. The summed E-state index contributed by atoms with van der Waals surface area (Å²) in [7, 11) is 0. The molecule has 1 unspecified atom stereocenters. The maximum absolute atomic E-state index is 3.82. The molecule has 0 bridgehead atoms. The molecule has 2 heteroatoms. The largest absolute Gasteiger partial charge is 0.311 e. The van der Waals surface area contributed by atoms with E-state index in [0.717, 1.165) is 23.9 Å². The average Bonchev–Trinajstić information content (AvgIpc) is 2.22. The molecular weight excluding hydrogens is 286 g/mol. The number of nitrogens with one attached hydrogen (secondary N) is 1. The highest BCUT2D eigenvalue weighted by atomic mass is 79.9. The van der Waals surface area contributed by atoms with Gasteiger partial charge in [-0.05, 0) is 62.1 Å². The van der Waals surface area contributed by atoms with Gasteiger partial charge in [-0.2, -0.15) is 0 Å². The molecule has 18 heavy (non-hydrogen) atoms. The molecule has 2 fully saturated rings. The van der Waals surface area contributed by atoms with Gasteiger partial charge >= 0.3 is 0 Å². The first kappa shape index (κ1) is 12.7. The van der Waals surface area contributed by atoms with Gasteiger partial charge in [0.25, 0.3) is 0 Å². The van der Waals surface area contributed by atoms with Crippen LogP contribution in [0.4, 0.5) is 0 Å². The maximum Gasteiger partial charge on any atom is 0.0175 e. The predicted octanol–water partition coefficient (Wildman–Crippen LogP) is 4.47. The minimum Gasteiger partial charge on any atom is -0.311 e. The van der Waals surface area contributed by atoms with Crippen LogP contribution in [0.15, 0.2) is 28.7 Å². The zero-order valence-electron chi connectivity index (χ0n) is 11.0. The van der Waals surface area contributed by atoms with E-state index in [1.165, 1.54) is 42.1 Å². The molecule has 1 atom stereocenters. The van der Waals surface area contributed by atoms with Crippen LogP contribution in [0.1, 0.15) is 50.5 Å². The first-order chi connectivity index (χ1) is 8.72. The Balaban J connectivity index is 1.46. The summed E-state index contributed by atoms with van der Waals surface area (Å²) in [6.45, 7) is 2.37. The molecule has 2 saturated carbocycles. The van der Waals surface area contributed by atoms with Crippen LogP contribution < -0.4 is 5.32 Å². The maximum atomic E-state index is 3.82. The average molecular weight is 308 g/mol. The Morgan fingerprint density at radius 3 is 2.39 bits per heavy atom. The van der Waals surface area contributed by atoms with Gasteiger partial charge in [0.05, 0.1) is 0 Å².